The Morgan fingerprint density at radius 1 is 1.62 bits per heavy atom. The molecule has 1 N–H and O–H groups in total. The standard InChI is InChI=1S/C8H9NO3.ClH/c1-2-12-8(11)7-4-3-6(10)5-9-7;/h3-5,10H,2H2,1H3;1H. The Kier molecular flexibility index (Phi) is 4.84. The SMILES string of the molecule is CCOC(=O)c1ccc(O)cn1.Cl. The molecule has 13 heavy (non-hydrogen) atoms. The van der Waals surface area contributed by atoms with Crippen LogP contribution in [-0.2, 0) is 4.74 Å². The largest absolute Gasteiger partial charge is 0.506 e. The van der Waals surface area contributed by atoms with Crippen LogP contribution in [0.4, 0.5) is 0 Å². The summed E-state index contributed by atoms with van der Waals surface area (Å²) in [5, 5.41) is 8.85. The lowest BCUT2D eigenvalue weighted by Gasteiger charge is -1.99. The van der Waals surface area contributed by atoms with Gasteiger partial charge >= 0.3 is 5.97 Å². The normalized spacial score (nSPS) is 8.69. The average molecular weight is 204 g/mol. The molecule has 5 heteroatoms. The summed E-state index contributed by atoms with van der Waals surface area (Å²) in [5.74, 6) is -0.444. The summed E-state index contributed by atoms with van der Waals surface area (Å²) >= 11 is 0. The quantitative estimate of drug-likeness (QED) is 0.738. The third-order valence-electron chi connectivity index (χ3n) is 1.23. The molecule has 1 aromatic rings. The maximum Gasteiger partial charge on any atom is 0.356 e. The van der Waals surface area contributed by atoms with E-state index in [-0.39, 0.29) is 23.9 Å². The fraction of sp³-hybridized carbons (Fsp3) is 0.250. The average Bonchev–Trinajstić information content (AvgIpc) is 2.06. The second kappa shape index (κ2) is 5.37. The van der Waals surface area contributed by atoms with Gasteiger partial charge in [-0.25, -0.2) is 9.78 Å². The second-order valence-electron chi connectivity index (χ2n) is 2.12. The zero-order valence-corrected chi connectivity index (χ0v) is 7.87. The van der Waals surface area contributed by atoms with Crippen LogP contribution in [0.25, 0.3) is 0 Å². The zero-order valence-electron chi connectivity index (χ0n) is 7.06. The highest BCUT2D eigenvalue weighted by Crippen LogP contribution is 2.06. The number of ether oxygens (including phenoxy) is 1. The molecule has 0 saturated heterocycles. The number of hydrogen-bond donors (Lipinski definition) is 1. The third kappa shape index (κ3) is 3.29. The van der Waals surface area contributed by atoms with Crippen molar-refractivity contribution in [1.29, 1.82) is 0 Å². The first-order chi connectivity index (χ1) is 5.74. The van der Waals surface area contributed by atoms with E-state index in [1.54, 1.807) is 6.92 Å². The lowest BCUT2D eigenvalue weighted by molar-refractivity contribution is 0.0519. The minimum Gasteiger partial charge on any atom is -0.506 e. The van der Waals surface area contributed by atoms with Crippen molar-refractivity contribution in [2.75, 3.05) is 6.61 Å². The van der Waals surface area contributed by atoms with Crippen LogP contribution < -0.4 is 0 Å². The molecule has 1 aromatic heterocycles. The number of aromatic nitrogens is 1. The van der Waals surface area contributed by atoms with Crippen LogP contribution in [0.5, 0.6) is 5.75 Å². The van der Waals surface area contributed by atoms with Crippen molar-refractivity contribution in [1.82, 2.24) is 4.98 Å². The Hall–Kier alpha value is -1.29. The molecule has 0 aliphatic heterocycles. The third-order valence-corrected chi connectivity index (χ3v) is 1.23. The molecule has 0 unspecified atom stereocenters. The van der Waals surface area contributed by atoms with Crippen molar-refractivity contribution >= 4 is 18.4 Å². The van der Waals surface area contributed by atoms with Crippen LogP contribution >= 0.6 is 12.4 Å². The summed E-state index contributed by atoms with van der Waals surface area (Å²) in [6.07, 6.45) is 1.20. The Morgan fingerprint density at radius 2 is 2.31 bits per heavy atom. The number of halogens is 1. The van der Waals surface area contributed by atoms with E-state index < -0.39 is 5.97 Å². The van der Waals surface area contributed by atoms with Crippen molar-refractivity contribution in [3.05, 3.63) is 24.0 Å². The van der Waals surface area contributed by atoms with Crippen LogP contribution in [0.1, 0.15) is 17.4 Å². The van der Waals surface area contributed by atoms with Crippen molar-refractivity contribution in [2.24, 2.45) is 0 Å². The summed E-state index contributed by atoms with van der Waals surface area (Å²) in [6, 6.07) is 2.80. The van der Waals surface area contributed by atoms with Crippen molar-refractivity contribution in [3.8, 4) is 5.75 Å². The van der Waals surface area contributed by atoms with E-state index in [9.17, 15) is 4.79 Å². The number of nitrogens with zero attached hydrogens (tertiary/aromatic N) is 1. The highest BCUT2D eigenvalue weighted by atomic mass is 35.5. The van der Waals surface area contributed by atoms with Gasteiger partial charge in [-0.15, -0.1) is 12.4 Å². The van der Waals surface area contributed by atoms with Crippen molar-refractivity contribution < 1.29 is 14.6 Å². The van der Waals surface area contributed by atoms with Crippen molar-refractivity contribution in [2.45, 2.75) is 6.92 Å². The number of carbonyl (C=O) groups excluding carboxylic acids is 1. The summed E-state index contributed by atoms with van der Waals surface area (Å²) in [7, 11) is 0. The molecule has 0 amide bonds. The monoisotopic (exact) mass is 203 g/mol. The molecule has 0 fully saturated rings. The molecular formula is C8H10ClNO3. The molecule has 0 bridgehead atoms. The first kappa shape index (κ1) is 11.7. The van der Waals surface area contributed by atoms with E-state index in [0.29, 0.717) is 6.61 Å². The first-order valence-corrected chi connectivity index (χ1v) is 3.56. The number of carbonyl (C=O) groups is 1. The fourth-order valence-electron chi connectivity index (χ4n) is 0.712. The predicted octanol–water partition coefficient (Wildman–Crippen LogP) is 1.39. The summed E-state index contributed by atoms with van der Waals surface area (Å²) in [4.78, 5) is 14.7. The second-order valence-corrected chi connectivity index (χ2v) is 2.12. The van der Waals surface area contributed by atoms with Crippen molar-refractivity contribution in [3.63, 3.8) is 0 Å². The molecular weight excluding hydrogens is 194 g/mol. The lowest BCUT2D eigenvalue weighted by Crippen LogP contribution is -2.06. The van der Waals surface area contributed by atoms with Gasteiger partial charge in [0.25, 0.3) is 0 Å². The van der Waals surface area contributed by atoms with Gasteiger partial charge in [0.05, 0.1) is 12.8 Å². The van der Waals surface area contributed by atoms with Gasteiger partial charge in [0.15, 0.2) is 0 Å². The first-order valence-electron chi connectivity index (χ1n) is 3.56. The van der Waals surface area contributed by atoms with E-state index in [0.717, 1.165) is 0 Å². The number of hydrogen-bond acceptors (Lipinski definition) is 4. The van der Waals surface area contributed by atoms with Gasteiger partial charge < -0.3 is 9.84 Å². The zero-order chi connectivity index (χ0) is 8.97. The van der Waals surface area contributed by atoms with E-state index in [2.05, 4.69) is 9.72 Å². The Labute approximate surface area is 82.0 Å². The predicted molar refractivity (Wildman–Crippen MR) is 49.1 cm³/mol. The number of esters is 1. The van der Waals surface area contributed by atoms with Gasteiger partial charge in [0.1, 0.15) is 11.4 Å². The fourth-order valence-corrected chi connectivity index (χ4v) is 0.712. The molecule has 0 aliphatic carbocycles. The topological polar surface area (TPSA) is 59.4 Å². The molecule has 0 saturated carbocycles. The highest BCUT2D eigenvalue weighted by molar-refractivity contribution is 5.87. The van der Waals surface area contributed by atoms with Crippen LogP contribution in [0.2, 0.25) is 0 Å². The molecule has 0 radical (unpaired) electrons. The lowest BCUT2D eigenvalue weighted by atomic mass is 10.3. The molecule has 1 rings (SSSR count). The van der Waals surface area contributed by atoms with E-state index in [4.69, 9.17) is 5.11 Å². The highest BCUT2D eigenvalue weighted by Gasteiger charge is 2.06. The summed E-state index contributed by atoms with van der Waals surface area (Å²) in [6.45, 7) is 2.04. The van der Waals surface area contributed by atoms with Gasteiger partial charge in [0.2, 0.25) is 0 Å². The van der Waals surface area contributed by atoms with Gasteiger partial charge in [-0.1, -0.05) is 0 Å². The number of pyridine rings is 1. The molecule has 4 nitrogen and oxygen atoms in total. The van der Waals surface area contributed by atoms with Crippen LogP contribution in [0, 0.1) is 0 Å². The van der Waals surface area contributed by atoms with Gasteiger partial charge in [-0.3, -0.25) is 0 Å². The van der Waals surface area contributed by atoms with E-state index in [1.165, 1.54) is 18.3 Å². The van der Waals surface area contributed by atoms with Gasteiger partial charge in [-0.05, 0) is 19.1 Å². The van der Waals surface area contributed by atoms with Gasteiger partial charge in [0, 0.05) is 0 Å². The number of rotatable bonds is 2. The Morgan fingerprint density at radius 3 is 2.77 bits per heavy atom. The molecule has 72 valence electrons. The van der Waals surface area contributed by atoms with E-state index in [1.807, 2.05) is 0 Å². The maximum atomic E-state index is 11.0. The Bertz CT molecular complexity index is 273. The van der Waals surface area contributed by atoms with Crippen LogP contribution in [0.3, 0.4) is 0 Å². The molecule has 0 spiro atoms. The molecule has 0 aliphatic rings. The molecule has 1 heterocycles. The molecule has 0 aromatic carbocycles. The summed E-state index contributed by atoms with van der Waals surface area (Å²) in [5.41, 5.74) is 0.203. The minimum absolute atomic E-state index is 0. The van der Waals surface area contributed by atoms with Gasteiger partial charge in [-0.2, -0.15) is 0 Å². The number of aromatic hydroxyl groups is 1. The van der Waals surface area contributed by atoms with E-state index >= 15 is 0 Å². The molecule has 0 atom stereocenters. The van der Waals surface area contributed by atoms with Crippen LogP contribution in [-0.4, -0.2) is 22.7 Å². The Balaban J connectivity index is 0.00000144. The maximum absolute atomic E-state index is 11.0. The van der Waals surface area contributed by atoms with Crippen LogP contribution in [0.15, 0.2) is 18.3 Å². The smallest absolute Gasteiger partial charge is 0.356 e. The minimum atomic E-state index is -0.475. The summed E-state index contributed by atoms with van der Waals surface area (Å²) < 4.78 is 4.68.